The largest absolute Gasteiger partial charge is 0.497 e. The molecule has 0 spiro atoms. The van der Waals surface area contributed by atoms with Crippen molar-refractivity contribution in [1.29, 1.82) is 0 Å². The van der Waals surface area contributed by atoms with Crippen molar-refractivity contribution in [2.24, 2.45) is 5.92 Å². The van der Waals surface area contributed by atoms with Gasteiger partial charge in [-0.15, -0.1) is 0 Å². The van der Waals surface area contributed by atoms with Crippen LogP contribution in [-0.2, 0) is 9.84 Å². The van der Waals surface area contributed by atoms with E-state index in [1.54, 1.807) is 32.2 Å². The Labute approximate surface area is 179 Å². The van der Waals surface area contributed by atoms with Gasteiger partial charge in [0, 0.05) is 12.6 Å². The van der Waals surface area contributed by atoms with E-state index in [9.17, 15) is 13.2 Å². The van der Waals surface area contributed by atoms with E-state index in [-0.39, 0.29) is 34.1 Å². The van der Waals surface area contributed by atoms with Crippen LogP contribution < -0.4 is 10.1 Å². The summed E-state index contributed by atoms with van der Waals surface area (Å²) in [5.74, 6) is 0.667. The van der Waals surface area contributed by atoms with Crippen LogP contribution in [0.2, 0.25) is 0 Å². The summed E-state index contributed by atoms with van der Waals surface area (Å²) in [6, 6.07) is 14.7. The monoisotopic (exact) mass is 430 g/mol. The molecular weight excluding hydrogens is 400 g/mol. The Kier molecular flexibility index (Phi) is 7.15. The van der Waals surface area contributed by atoms with Crippen molar-refractivity contribution in [2.45, 2.75) is 30.7 Å². The standard InChI is InChI=1S/C23H30N2O4S/c1-4-30(27,28)21-10-6-5-9-20(21)23(26)24-16-18-8-7-15-25(2)22(18)17-11-13-19(29-3)14-12-17/h5-6,9-14,18,22H,4,7-8,15-16H2,1-3H3,(H,24,26). The van der Waals surface area contributed by atoms with Crippen LogP contribution in [0.25, 0.3) is 0 Å². The fraction of sp³-hybridized carbons (Fsp3) is 0.435. The summed E-state index contributed by atoms with van der Waals surface area (Å²) in [6.07, 6.45) is 2.06. The van der Waals surface area contributed by atoms with Gasteiger partial charge in [-0.3, -0.25) is 9.69 Å². The fourth-order valence-corrected chi connectivity index (χ4v) is 5.29. The number of rotatable bonds is 7. The zero-order valence-corrected chi connectivity index (χ0v) is 18.6. The lowest BCUT2D eigenvalue weighted by molar-refractivity contribution is 0.0888. The summed E-state index contributed by atoms with van der Waals surface area (Å²) in [7, 11) is 0.286. The van der Waals surface area contributed by atoms with Gasteiger partial charge in [-0.1, -0.05) is 31.2 Å². The lowest BCUT2D eigenvalue weighted by Crippen LogP contribution is -2.42. The summed E-state index contributed by atoms with van der Waals surface area (Å²) in [6.45, 7) is 3.07. The Balaban J connectivity index is 1.77. The number of piperidine rings is 1. The maximum Gasteiger partial charge on any atom is 0.252 e. The van der Waals surface area contributed by atoms with Crippen molar-refractivity contribution in [3.63, 3.8) is 0 Å². The minimum absolute atomic E-state index is 0.0374. The smallest absolute Gasteiger partial charge is 0.252 e. The van der Waals surface area contributed by atoms with Crippen molar-refractivity contribution in [3.05, 3.63) is 59.7 Å². The van der Waals surface area contributed by atoms with Crippen molar-refractivity contribution in [1.82, 2.24) is 10.2 Å². The van der Waals surface area contributed by atoms with Gasteiger partial charge in [0.1, 0.15) is 5.75 Å². The molecule has 1 fully saturated rings. The second-order valence-corrected chi connectivity index (χ2v) is 9.96. The van der Waals surface area contributed by atoms with Crippen LogP contribution in [0, 0.1) is 5.92 Å². The first-order chi connectivity index (χ1) is 14.4. The third-order valence-corrected chi connectivity index (χ3v) is 7.62. The summed E-state index contributed by atoms with van der Waals surface area (Å²) in [4.78, 5) is 15.3. The Hall–Kier alpha value is -2.38. The van der Waals surface area contributed by atoms with Crippen LogP contribution in [0.15, 0.2) is 53.4 Å². The molecule has 1 heterocycles. The third-order valence-electron chi connectivity index (χ3n) is 5.84. The number of methoxy groups -OCH3 is 1. The quantitative estimate of drug-likeness (QED) is 0.729. The van der Waals surface area contributed by atoms with Gasteiger partial charge in [0.2, 0.25) is 0 Å². The fourth-order valence-electron chi connectivity index (χ4n) is 4.20. The van der Waals surface area contributed by atoms with Gasteiger partial charge in [-0.25, -0.2) is 8.42 Å². The van der Waals surface area contributed by atoms with Crippen molar-refractivity contribution >= 4 is 15.7 Å². The number of carbonyl (C=O) groups excluding carboxylic acids is 1. The number of ether oxygens (including phenoxy) is 1. The minimum Gasteiger partial charge on any atom is -0.497 e. The summed E-state index contributed by atoms with van der Waals surface area (Å²) in [5.41, 5.74) is 1.40. The van der Waals surface area contributed by atoms with Gasteiger partial charge < -0.3 is 10.1 Å². The number of sulfone groups is 1. The maximum atomic E-state index is 12.9. The molecule has 2 aromatic carbocycles. The van der Waals surface area contributed by atoms with E-state index in [2.05, 4.69) is 29.4 Å². The average Bonchev–Trinajstić information content (AvgIpc) is 2.77. The SMILES string of the molecule is CCS(=O)(=O)c1ccccc1C(=O)NCC1CCCN(C)C1c1ccc(OC)cc1. The van der Waals surface area contributed by atoms with Crippen LogP contribution in [0.5, 0.6) is 5.75 Å². The van der Waals surface area contributed by atoms with E-state index in [4.69, 9.17) is 4.74 Å². The van der Waals surface area contributed by atoms with Gasteiger partial charge in [0.05, 0.1) is 23.3 Å². The molecule has 2 unspecified atom stereocenters. The summed E-state index contributed by atoms with van der Waals surface area (Å²) in [5, 5.41) is 2.99. The van der Waals surface area contributed by atoms with Crippen molar-refractivity contribution < 1.29 is 17.9 Å². The maximum absolute atomic E-state index is 12.9. The van der Waals surface area contributed by atoms with Gasteiger partial charge in [-0.05, 0) is 62.2 Å². The molecule has 0 aliphatic carbocycles. The Bertz CT molecular complexity index is 973. The topological polar surface area (TPSA) is 75.7 Å². The molecule has 2 aromatic rings. The molecule has 1 aliphatic rings. The molecule has 7 heteroatoms. The van der Waals surface area contributed by atoms with E-state index in [1.165, 1.54) is 11.6 Å². The number of carbonyl (C=O) groups is 1. The van der Waals surface area contributed by atoms with Crippen LogP contribution in [0.4, 0.5) is 0 Å². The first-order valence-corrected chi connectivity index (χ1v) is 12.0. The number of benzene rings is 2. The Morgan fingerprint density at radius 2 is 1.87 bits per heavy atom. The molecule has 3 rings (SSSR count). The molecule has 1 N–H and O–H groups in total. The van der Waals surface area contributed by atoms with Crippen molar-refractivity contribution in [2.75, 3.05) is 33.0 Å². The van der Waals surface area contributed by atoms with Gasteiger partial charge in [0.25, 0.3) is 5.91 Å². The van der Waals surface area contributed by atoms with Crippen LogP contribution >= 0.6 is 0 Å². The minimum atomic E-state index is -3.47. The number of likely N-dealkylation sites (tertiary alicyclic amines) is 1. The normalized spacial score (nSPS) is 20.0. The molecule has 2 atom stereocenters. The molecule has 0 aromatic heterocycles. The summed E-state index contributed by atoms with van der Waals surface area (Å²) < 4.78 is 30.0. The number of nitrogens with one attached hydrogen (secondary N) is 1. The molecule has 1 aliphatic heterocycles. The van der Waals surface area contributed by atoms with Gasteiger partial charge in [0.15, 0.2) is 9.84 Å². The van der Waals surface area contributed by atoms with E-state index < -0.39 is 9.84 Å². The highest BCUT2D eigenvalue weighted by Crippen LogP contribution is 2.35. The van der Waals surface area contributed by atoms with Crippen LogP contribution in [-0.4, -0.2) is 52.2 Å². The van der Waals surface area contributed by atoms with Crippen LogP contribution in [0.3, 0.4) is 0 Å². The van der Waals surface area contributed by atoms with Crippen LogP contribution in [0.1, 0.15) is 41.7 Å². The first-order valence-electron chi connectivity index (χ1n) is 10.3. The molecule has 6 nitrogen and oxygen atoms in total. The Morgan fingerprint density at radius 1 is 1.17 bits per heavy atom. The predicted octanol–water partition coefficient (Wildman–Crippen LogP) is 3.30. The van der Waals surface area contributed by atoms with Gasteiger partial charge >= 0.3 is 0 Å². The predicted molar refractivity (Wildman–Crippen MR) is 118 cm³/mol. The number of hydrogen-bond donors (Lipinski definition) is 1. The molecule has 30 heavy (non-hydrogen) atoms. The second kappa shape index (κ2) is 9.62. The lowest BCUT2D eigenvalue weighted by atomic mass is 9.85. The molecule has 1 amide bonds. The van der Waals surface area contributed by atoms with E-state index in [0.29, 0.717) is 6.54 Å². The molecule has 0 bridgehead atoms. The molecule has 0 saturated carbocycles. The highest BCUT2D eigenvalue weighted by atomic mass is 32.2. The lowest BCUT2D eigenvalue weighted by Gasteiger charge is -2.39. The molecule has 1 saturated heterocycles. The van der Waals surface area contributed by atoms with E-state index in [0.717, 1.165) is 25.1 Å². The zero-order chi connectivity index (χ0) is 21.7. The number of nitrogens with zero attached hydrogens (tertiary/aromatic N) is 1. The first kappa shape index (κ1) is 22.3. The Morgan fingerprint density at radius 3 is 2.53 bits per heavy atom. The van der Waals surface area contributed by atoms with E-state index in [1.807, 2.05) is 12.1 Å². The molecule has 0 radical (unpaired) electrons. The number of amides is 1. The average molecular weight is 431 g/mol. The van der Waals surface area contributed by atoms with E-state index >= 15 is 0 Å². The third kappa shape index (κ3) is 4.84. The van der Waals surface area contributed by atoms with Gasteiger partial charge in [-0.2, -0.15) is 0 Å². The highest BCUT2D eigenvalue weighted by molar-refractivity contribution is 7.91. The summed E-state index contributed by atoms with van der Waals surface area (Å²) >= 11 is 0. The second-order valence-electron chi connectivity index (χ2n) is 7.71. The molecule has 162 valence electrons. The molecular formula is C23H30N2O4S. The van der Waals surface area contributed by atoms with Crippen molar-refractivity contribution in [3.8, 4) is 5.75 Å². The number of hydrogen-bond acceptors (Lipinski definition) is 5. The highest BCUT2D eigenvalue weighted by Gasteiger charge is 2.31. The zero-order valence-electron chi connectivity index (χ0n) is 17.8.